The van der Waals surface area contributed by atoms with Crippen molar-refractivity contribution >= 4 is 33.9 Å². The average Bonchev–Trinajstić information content (AvgIpc) is 3.01. The van der Waals surface area contributed by atoms with Crippen molar-refractivity contribution in [3.63, 3.8) is 0 Å². The van der Waals surface area contributed by atoms with E-state index in [1.54, 1.807) is 10.9 Å². The normalized spacial score (nSPS) is 10.0. The van der Waals surface area contributed by atoms with Gasteiger partial charge in [-0.15, -0.1) is 8.62 Å². The van der Waals surface area contributed by atoms with Crippen molar-refractivity contribution in [1.29, 1.82) is 0 Å². The molecule has 0 unspecified atom stereocenters. The van der Waals surface area contributed by atoms with E-state index in [2.05, 4.69) is 28.6 Å². The van der Waals surface area contributed by atoms with Crippen LogP contribution in [0.5, 0.6) is 0 Å². The van der Waals surface area contributed by atoms with Crippen molar-refractivity contribution in [2.24, 2.45) is 0 Å². The van der Waals surface area contributed by atoms with E-state index in [0.29, 0.717) is 11.5 Å². The topological polar surface area (TPSA) is 192 Å². The number of hydrogen-bond donors (Lipinski definition) is 5. The molecule has 2 aromatic rings. The van der Waals surface area contributed by atoms with Gasteiger partial charge in [-0.05, 0) is 22.2 Å². The van der Waals surface area contributed by atoms with Crippen LogP contribution in [0.4, 0.5) is 11.5 Å². The number of nitrogens with one attached hydrogen (secondary N) is 1. The van der Waals surface area contributed by atoms with Crippen molar-refractivity contribution < 1.29 is 42.1 Å². The highest BCUT2D eigenvalue weighted by Crippen LogP contribution is 2.23. The third-order valence-corrected chi connectivity index (χ3v) is 2.65. The van der Waals surface area contributed by atoms with Gasteiger partial charge in [-0.2, -0.15) is 13.5 Å². The lowest BCUT2D eigenvalue weighted by atomic mass is 10.3. The number of nitrogens with two attached hydrogens (primary N) is 1. The van der Waals surface area contributed by atoms with E-state index in [0.717, 1.165) is 23.4 Å². The van der Waals surface area contributed by atoms with Crippen LogP contribution in [0.25, 0.3) is 10.5 Å². The van der Waals surface area contributed by atoms with Crippen LogP contribution in [-0.4, -0.2) is 39.5 Å². The van der Waals surface area contributed by atoms with Gasteiger partial charge in [0.25, 0.3) is 0 Å². The summed E-state index contributed by atoms with van der Waals surface area (Å²) in [6.45, 7) is 6.85. The zero-order valence-electron chi connectivity index (χ0n) is 13.5. The first-order valence-corrected chi connectivity index (χ1v) is 8.81. The second-order valence-electron chi connectivity index (χ2n) is 3.75. The Balaban J connectivity index is 0.000000440. The van der Waals surface area contributed by atoms with Crippen LogP contribution < -0.4 is 11.4 Å². The predicted octanol–water partition coefficient (Wildman–Crippen LogP) is 1.32. The first-order chi connectivity index (χ1) is 12.8. The third kappa shape index (κ3) is 11.1. The minimum absolute atomic E-state index is 0.381. The minimum Gasteiger partial charge on any atom is -0.392 e. The Bertz CT molecular complexity index is 790. The maximum atomic E-state index is 9.34. The number of hydrogen-bond acceptors (Lipinski definition) is 12. The van der Waals surface area contributed by atoms with E-state index in [4.69, 9.17) is 27.3 Å². The van der Waals surface area contributed by atoms with Gasteiger partial charge in [0.15, 0.2) is 0 Å². The molecule has 16 heteroatoms. The fraction of sp³-hybridized carbons (Fsp3) is 0.0909. The van der Waals surface area contributed by atoms with Crippen LogP contribution in [0.2, 0.25) is 0 Å². The summed E-state index contributed by atoms with van der Waals surface area (Å²) in [6.07, 6.45) is 3.08. The Morgan fingerprint density at radius 3 is 2.33 bits per heavy atom. The van der Waals surface area contributed by atoms with E-state index in [9.17, 15) is 8.42 Å². The van der Waals surface area contributed by atoms with Crippen molar-refractivity contribution in [2.45, 2.75) is 0 Å². The number of anilines is 1. The molecule has 0 fully saturated rings. The summed E-state index contributed by atoms with van der Waals surface area (Å²) >= 11 is 0.919. The molecule has 0 amide bonds. The lowest BCUT2D eigenvalue weighted by molar-refractivity contribution is -0.591. The first-order valence-electron chi connectivity index (χ1n) is 6.29. The van der Waals surface area contributed by atoms with Crippen LogP contribution in [0.15, 0.2) is 36.5 Å². The largest absolute Gasteiger partial charge is 0.415 e. The van der Waals surface area contributed by atoms with Crippen molar-refractivity contribution in [3.8, 4) is 5.69 Å². The molecule has 6 N–H and O–H groups in total. The summed E-state index contributed by atoms with van der Waals surface area (Å²) in [5.74, 6) is 0.381. The molecule has 1 aromatic heterocycles. The number of nitrogen functional groups attached to an aromatic ring is 1. The van der Waals surface area contributed by atoms with Crippen molar-refractivity contribution in [3.05, 3.63) is 47.9 Å². The van der Waals surface area contributed by atoms with E-state index in [1.165, 1.54) is 6.20 Å². The number of para-hydroxylation sites is 1. The van der Waals surface area contributed by atoms with Gasteiger partial charge in [-0.25, -0.2) is 14.8 Å². The van der Waals surface area contributed by atoms with E-state index < -0.39 is 10.4 Å². The van der Waals surface area contributed by atoms with Crippen LogP contribution in [0.1, 0.15) is 0 Å². The highest BCUT2D eigenvalue weighted by atomic mass is 32.3. The van der Waals surface area contributed by atoms with E-state index >= 15 is 0 Å². The molecule has 0 aliphatic heterocycles. The molecule has 0 spiro atoms. The second-order valence-corrected chi connectivity index (χ2v) is 5.25. The Morgan fingerprint density at radius 2 is 2.00 bits per heavy atom. The van der Waals surface area contributed by atoms with Gasteiger partial charge in [-0.3, -0.25) is 9.76 Å². The predicted molar refractivity (Wildman–Crippen MR) is 91.2 cm³/mol. The number of aromatic nitrogens is 2. The van der Waals surface area contributed by atoms with Gasteiger partial charge in [-0.1, -0.05) is 23.8 Å². The molecular weight excluding hydrogens is 410 g/mol. The average molecular weight is 425 g/mol. The van der Waals surface area contributed by atoms with Gasteiger partial charge in [0.1, 0.15) is 5.82 Å². The summed E-state index contributed by atoms with van der Waals surface area (Å²) in [4.78, 5) is 3.26. The Labute approximate surface area is 157 Å². The Hall–Kier alpha value is -2.30. The third-order valence-electron chi connectivity index (χ3n) is 2.18. The number of rotatable bonds is 6. The molecule has 0 saturated carbocycles. The molecule has 0 aliphatic carbocycles. The molecule has 0 atom stereocenters. The van der Waals surface area contributed by atoms with Crippen molar-refractivity contribution in [1.82, 2.24) is 15.4 Å². The Kier molecular flexibility index (Phi) is 12.7. The molecule has 0 radical (unpaired) electrons. The molecular formula is C11H15N5O9S2. The second kappa shape index (κ2) is 13.8. The molecule has 14 nitrogen and oxygen atoms in total. The van der Waals surface area contributed by atoms with E-state index in [-0.39, 0.29) is 0 Å². The maximum Gasteiger partial charge on any atom is 0.415 e. The summed E-state index contributed by atoms with van der Waals surface area (Å²) < 4.78 is 34.8. The molecule has 0 saturated heterocycles. The van der Waals surface area contributed by atoms with Gasteiger partial charge < -0.3 is 5.73 Å². The standard InChI is InChI=1S/C10H8N4.CH4O4S.H3NO5S/c1-12-9-7-13-14(10(9)11)8-5-3-2-4-6-8;1-6-5-4-3-2;2-1-6-7(3,4)5/h2-7H,11H2;2H,1H3;1-2H,(H,3,4,5). The lowest BCUT2D eigenvalue weighted by Gasteiger charge is -2.02. The molecule has 0 aliphatic rings. The fourth-order valence-electron chi connectivity index (χ4n) is 1.30. The number of nitrogens with zero attached hydrogens (tertiary/aromatic N) is 3. The van der Waals surface area contributed by atoms with Gasteiger partial charge in [0.05, 0.1) is 18.5 Å². The van der Waals surface area contributed by atoms with Crippen LogP contribution in [0.3, 0.4) is 0 Å². The summed E-state index contributed by atoms with van der Waals surface area (Å²) in [6, 6.07) is 9.48. The molecule has 2 rings (SSSR count). The highest BCUT2D eigenvalue weighted by molar-refractivity contribution is 7.93. The van der Waals surface area contributed by atoms with Crippen LogP contribution in [-0.2, 0) is 29.1 Å². The maximum absolute atomic E-state index is 9.34. The monoisotopic (exact) mass is 425 g/mol. The smallest absolute Gasteiger partial charge is 0.392 e. The summed E-state index contributed by atoms with van der Waals surface area (Å²) in [5.41, 5.74) is 7.75. The lowest BCUT2D eigenvalue weighted by Crippen LogP contribution is -2.14. The zero-order chi connectivity index (χ0) is 20.7. The molecule has 150 valence electrons. The summed E-state index contributed by atoms with van der Waals surface area (Å²) in [5, 5.41) is 25.3. The number of benzene rings is 1. The molecule has 1 heterocycles. The van der Waals surface area contributed by atoms with Gasteiger partial charge in [0.2, 0.25) is 5.69 Å². The molecule has 27 heavy (non-hydrogen) atoms. The summed E-state index contributed by atoms with van der Waals surface area (Å²) in [7, 11) is -4.54. The Morgan fingerprint density at radius 1 is 1.37 bits per heavy atom. The zero-order valence-corrected chi connectivity index (χ0v) is 15.1. The highest BCUT2D eigenvalue weighted by Gasteiger charge is 2.07. The molecule has 0 bridgehead atoms. The van der Waals surface area contributed by atoms with Gasteiger partial charge in [0, 0.05) is 18.3 Å². The molecule has 1 aromatic carbocycles. The first kappa shape index (κ1) is 24.7. The fourth-order valence-corrected chi connectivity index (χ4v) is 1.47. The van der Waals surface area contributed by atoms with Gasteiger partial charge >= 0.3 is 10.4 Å². The van der Waals surface area contributed by atoms with Crippen LogP contribution >= 0.6 is 12.0 Å². The quantitative estimate of drug-likeness (QED) is 0.111. The van der Waals surface area contributed by atoms with Crippen LogP contribution in [0, 0.1) is 6.57 Å². The minimum atomic E-state index is -4.54. The van der Waals surface area contributed by atoms with E-state index in [1.807, 2.05) is 30.3 Å². The van der Waals surface area contributed by atoms with Crippen molar-refractivity contribution in [2.75, 3.05) is 12.0 Å². The SMILES string of the molecule is CSOOOO.O=S(=O)(O)ONO.[C-]#[N+]c1cnn(-c2ccccc2)c1N.